The van der Waals surface area contributed by atoms with Gasteiger partial charge in [0.1, 0.15) is 0 Å². The molecule has 0 aromatic heterocycles. The number of carbonyl (C=O) groups excluding carboxylic acids is 1. The molecule has 5 rings (SSSR count). The van der Waals surface area contributed by atoms with Gasteiger partial charge in [-0.1, -0.05) is 27.2 Å². The van der Waals surface area contributed by atoms with Crippen LogP contribution in [0.2, 0.25) is 0 Å². The van der Waals surface area contributed by atoms with Gasteiger partial charge < -0.3 is 20.4 Å². The van der Waals surface area contributed by atoms with Gasteiger partial charge in [-0.25, -0.2) is 0 Å². The number of nitrogens with zero attached hydrogens (tertiary/aromatic N) is 1. The quantitative estimate of drug-likeness (QED) is 0.313. The monoisotopic (exact) mass is 530 g/mol. The summed E-state index contributed by atoms with van der Waals surface area (Å²) in [4.78, 5) is 15.2. The van der Waals surface area contributed by atoms with Gasteiger partial charge in [-0.2, -0.15) is 0 Å². The highest BCUT2D eigenvalue weighted by atomic mass is 16.3. The lowest BCUT2D eigenvalue weighted by atomic mass is 9.43. The number of aliphatic hydroxyl groups excluding tert-OH is 2. The lowest BCUT2D eigenvalue weighted by molar-refractivity contribution is -0.174. The molecule has 4 saturated carbocycles. The van der Waals surface area contributed by atoms with Crippen LogP contribution < -0.4 is 5.32 Å². The van der Waals surface area contributed by atoms with E-state index in [1.54, 1.807) is 0 Å². The van der Waals surface area contributed by atoms with Crippen molar-refractivity contribution in [1.82, 2.24) is 10.2 Å². The van der Waals surface area contributed by atoms with E-state index in [-0.39, 0.29) is 18.1 Å². The zero-order valence-electron chi connectivity index (χ0n) is 24.8. The summed E-state index contributed by atoms with van der Waals surface area (Å²) in [5.41, 5.74) is 0.588. The number of rotatable bonds is 10. The minimum atomic E-state index is -0.205. The molecule has 5 heteroatoms. The fourth-order valence-corrected chi connectivity index (χ4v) is 10.7. The molecule has 3 N–H and O–H groups in total. The first-order valence-electron chi connectivity index (χ1n) is 16.6. The highest BCUT2D eigenvalue weighted by molar-refractivity contribution is 5.75. The normalized spacial score (nSPS) is 43.8. The predicted octanol–water partition coefficient (Wildman–Crippen LogP) is 5.78. The molecule has 5 nitrogen and oxygen atoms in total. The lowest BCUT2D eigenvalue weighted by Gasteiger charge is -2.62. The Bertz CT molecular complexity index is 799. The lowest BCUT2D eigenvalue weighted by Crippen LogP contribution is -2.58. The Morgan fingerprint density at radius 2 is 1.68 bits per heavy atom. The molecule has 1 aliphatic heterocycles. The van der Waals surface area contributed by atoms with E-state index in [1.165, 1.54) is 71.0 Å². The van der Waals surface area contributed by atoms with Gasteiger partial charge in [-0.3, -0.25) is 4.79 Å². The molecule has 0 radical (unpaired) electrons. The van der Waals surface area contributed by atoms with Crippen molar-refractivity contribution in [3.8, 4) is 0 Å². The summed E-state index contributed by atoms with van der Waals surface area (Å²) in [7, 11) is 0. The fourth-order valence-electron chi connectivity index (χ4n) is 10.7. The van der Waals surface area contributed by atoms with Crippen LogP contribution in [-0.4, -0.2) is 59.4 Å². The summed E-state index contributed by atoms with van der Waals surface area (Å²) in [6.07, 6.45) is 16.4. The van der Waals surface area contributed by atoms with Crippen LogP contribution >= 0.6 is 0 Å². The molecule has 10 atom stereocenters. The van der Waals surface area contributed by atoms with Crippen LogP contribution in [0.15, 0.2) is 0 Å². The first-order valence-corrected chi connectivity index (χ1v) is 16.6. The van der Waals surface area contributed by atoms with Gasteiger partial charge in [0.2, 0.25) is 5.91 Å². The summed E-state index contributed by atoms with van der Waals surface area (Å²) in [6.45, 7) is 12.0. The Morgan fingerprint density at radius 3 is 2.47 bits per heavy atom. The van der Waals surface area contributed by atoms with Gasteiger partial charge in [0.25, 0.3) is 0 Å². The van der Waals surface area contributed by atoms with Gasteiger partial charge in [-0.05, 0) is 149 Å². The van der Waals surface area contributed by atoms with Crippen LogP contribution in [0.25, 0.3) is 0 Å². The van der Waals surface area contributed by atoms with Crippen molar-refractivity contribution in [2.24, 2.45) is 46.3 Å². The molecule has 0 unspecified atom stereocenters. The fraction of sp³-hybridized carbons (Fsp3) is 0.970. The number of amides is 1. The highest BCUT2D eigenvalue weighted by Gasteiger charge is 2.62. The number of unbranched alkanes of at least 4 members (excludes halogenated alkanes) is 2. The first kappa shape index (κ1) is 28.9. The predicted molar refractivity (Wildman–Crippen MR) is 154 cm³/mol. The summed E-state index contributed by atoms with van der Waals surface area (Å²) in [5, 5.41) is 25.0. The average Bonchev–Trinajstić information content (AvgIpc) is 3.53. The van der Waals surface area contributed by atoms with E-state index in [4.69, 9.17) is 0 Å². The molecule has 1 heterocycles. The number of carbonyl (C=O) groups is 1. The Hall–Kier alpha value is -0.650. The van der Waals surface area contributed by atoms with E-state index in [0.717, 1.165) is 45.1 Å². The van der Waals surface area contributed by atoms with E-state index in [1.807, 2.05) is 0 Å². The second-order valence-corrected chi connectivity index (χ2v) is 14.9. The largest absolute Gasteiger partial charge is 0.393 e. The molecule has 1 saturated heterocycles. The van der Waals surface area contributed by atoms with Gasteiger partial charge in [0.15, 0.2) is 0 Å². The van der Waals surface area contributed by atoms with E-state index in [0.29, 0.717) is 52.8 Å². The molecule has 4 aliphatic carbocycles. The first-order chi connectivity index (χ1) is 18.2. The number of aliphatic hydroxyl groups is 2. The van der Waals surface area contributed by atoms with Crippen molar-refractivity contribution >= 4 is 5.91 Å². The zero-order valence-corrected chi connectivity index (χ0v) is 24.8. The number of likely N-dealkylation sites (tertiary alicyclic amines) is 1. The maximum absolute atomic E-state index is 12.6. The summed E-state index contributed by atoms with van der Waals surface area (Å²) >= 11 is 0. The minimum absolute atomic E-state index is 0.167. The Morgan fingerprint density at radius 1 is 0.947 bits per heavy atom. The molecular formula is C33H58N2O3. The maximum Gasteiger partial charge on any atom is 0.220 e. The molecule has 0 spiro atoms. The molecule has 5 aliphatic rings. The molecule has 0 aromatic carbocycles. The van der Waals surface area contributed by atoms with Crippen molar-refractivity contribution < 1.29 is 15.0 Å². The van der Waals surface area contributed by atoms with Gasteiger partial charge in [-0.15, -0.1) is 0 Å². The number of hydrogen-bond acceptors (Lipinski definition) is 4. The van der Waals surface area contributed by atoms with Gasteiger partial charge in [0.05, 0.1) is 12.2 Å². The second-order valence-electron chi connectivity index (χ2n) is 14.9. The molecular weight excluding hydrogens is 472 g/mol. The van der Waals surface area contributed by atoms with Crippen molar-refractivity contribution in [2.45, 2.75) is 129 Å². The van der Waals surface area contributed by atoms with E-state index >= 15 is 0 Å². The third-order valence-electron chi connectivity index (χ3n) is 12.9. The van der Waals surface area contributed by atoms with Crippen molar-refractivity contribution in [3.05, 3.63) is 0 Å². The second kappa shape index (κ2) is 12.1. The zero-order chi connectivity index (χ0) is 26.9. The molecule has 38 heavy (non-hydrogen) atoms. The van der Waals surface area contributed by atoms with E-state index in [9.17, 15) is 15.0 Å². The Balaban J connectivity index is 1.08. The number of fused-ring (bicyclic) bond motifs is 5. The van der Waals surface area contributed by atoms with E-state index in [2.05, 4.69) is 31.0 Å². The maximum atomic E-state index is 12.6. The van der Waals surface area contributed by atoms with Crippen LogP contribution in [0.4, 0.5) is 0 Å². The van der Waals surface area contributed by atoms with Crippen molar-refractivity contribution in [2.75, 3.05) is 26.2 Å². The summed E-state index contributed by atoms with van der Waals surface area (Å²) < 4.78 is 0. The molecule has 1 amide bonds. The topological polar surface area (TPSA) is 72.8 Å². The third kappa shape index (κ3) is 5.73. The SMILES string of the molecule is C[C@H](CCC(=O)NCCCCCN1CCCC1)[C@H]1CC[C@H]2[C@@H]3[C@@H](O)C[C@@H]4C[C@H](O)CC[C@]4(C)[C@H]3CC[C@]12C. The smallest absolute Gasteiger partial charge is 0.220 e. The number of hydrogen-bond donors (Lipinski definition) is 3. The highest BCUT2D eigenvalue weighted by Crippen LogP contribution is 2.68. The van der Waals surface area contributed by atoms with Crippen LogP contribution in [0, 0.1) is 46.3 Å². The molecule has 0 bridgehead atoms. The summed E-state index contributed by atoms with van der Waals surface area (Å²) in [6, 6.07) is 0. The van der Waals surface area contributed by atoms with Crippen LogP contribution in [-0.2, 0) is 4.79 Å². The van der Waals surface area contributed by atoms with Crippen molar-refractivity contribution in [3.63, 3.8) is 0 Å². The molecule has 0 aromatic rings. The Kier molecular flexibility index (Phi) is 9.17. The molecule has 218 valence electrons. The summed E-state index contributed by atoms with van der Waals surface area (Å²) in [5.74, 6) is 3.59. The standard InChI is InChI=1S/C33H58N2O3/c1-23(9-12-30(38)34-17-5-4-6-18-35-19-7-8-20-35)26-10-11-27-31-28(14-16-33(26,27)3)32(2)15-13-25(36)21-24(32)22-29(31)37/h23-29,31,36-37H,4-22H2,1-3H3,(H,34,38)/t23-,24+,25-,26-,27+,28+,29+,31+,32+,33-/m1/s1. The number of nitrogens with one attached hydrogen (secondary N) is 1. The van der Waals surface area contributed by atoms with Crippen molar-refractivity contribution in [1.29, 1.82) is 0 Å². The van der Waals surface area contributed by atoms with Crippen LogP contribution in [0.1, 0.15) is 117 Å². The third-order valence-corrected chi connectivity index (χ3v) is 12.9. The molecule has 5 fully saturated rings. The van der Waals surface area contributed by atoms with Gasteiger partial charge in [0, 0.05) is 13.0 Å². The van der Waals surface area contributed by atoms with E-state index < -0.39 is 0 Å². The van der Waals surface area contributed by atoms with Crippen LogP contribution in [0.3, 0.4) is 0 Å². The van der Waals surface area contributed by atoms with Gasteiger partial charge >= 0.3 is 0 Å². The Labute approximate surface area is 232 Å². The minimum Gasteiger partial charge on any atom is -0.393 e. The van der Waals surface area contributed by atoms with Crippen LogP contribution in [0.5, 0.6) is 0 Å². The average molecular weight is 531 g/mol.